The van der Waals surface area contributed by atoms with E-state index in [1.54, 1.807) is 4.90 Å². The average Bonchev–Trinajstić information content (AvgIpc) is 2.29. The van der Waals surface area contributed by atoms with E-state index in [1.807, 2.05) is 36.6 Å². The molecule has 15 heavy (non-hydrogen) atoms. The molecule has 2 aliphatic heterocycles. The van der Waals surface area contributed by atoms with Gasteiger partial charge in [-0.25, -0.2) is 4.79 Å². The zero-order chi connectivity index (χ0) is 10.3. The Balaban J connectivity index is 2.19. The number of fused-ring (bicyclic) bond motifs is 3. The Morgan fingerprint density at radius 1 is 1.27 bits per heavy atom. The first kappa shape index (κ1) is 8.29. The number of carbonyl (C=O) groups is 1. The molecule has 1 aromatic rings. The predicted octanol–water partition coefficient (Wildman–Crippen LogP) is 2.04. The van der Waals surface area contributed by atoms with Gasteiger partial charge in [0.25, 0.3) is 0 Å². The molecule has 2 amide bonds. The van der Waals surface area contributed by atoms with E-state index in [2.05, 4.69) is 11.4 Å². The number of nitrogens with zero attached hydrogens (tertiary/aromatic N) is 1. The van der Waals surface area contributed by atoms with Gasteiger partial charge in [-0.1, -0.05) is 24.3 Å². The van der Waals surface area contributed by atoms with Crippen LogP contribution in [0, 0.1) is 0 Å². The van der Waals surface area contributed by atoms with E-state index in [4.69, 9.17) is 0 Å². The van der Waals surface area contributed by atoms with Crippen LogP contribution in [0.4, 0.5) is 4.79 Å². The smallest absolute Gasteiger partial charge is 0.326 e. The first-order valence-electron chi connectivity index (χ1n) is 4.91. The summed E-state index contributed by atoms with van der Waals surface area (Å²) in [6, 6.07) is 8.02. The van der Waals surface area contributed by atoms with Gasteiger partial charge in [0.15, 0.2) is 0 Å². The molecule has 74 valence electrons. The normalized spacial score (nSPS) is 17.7. The van der Waals surface area contributed by atoms with Crippen molar-refractivity contribution >= 4 is 17.8 Å². The molecule has 0 unspecified atom stereocenters. The van der Waals surface area contributed by atoms with Crippen molar-refractivity contribution in [3.05, 3.63) is 47.7 Å². The third-order valence-electron chi connectivity index (χ3n) is 2.67. The second-order valence-corrected chi connectivity index (χ2v) is 3.55. The van der Waals surface area contributed by atoms with Gasteiger partial charge in [-0.05, 0) is 17.7 Å². The number of hydrogen-bond acceptors (Lipinski definition) is 1. The van der Waals surface area contributed by atoms with Crippen LogP contribution in [0.2, 0.25) is 0 Å². The standard InChI is InChI=1S/C12H10N2O/c15-12-13-7-5-11-10-4-2-1-3-9(10)6-8-14(11)12/h1-6,8H,7H2,(H,13,15). The Labute approximate surface area is 87.7 Å². The number of hydrogen-bond donors (Lipinski definition) is 1. The van der Waals surface area contributed by atoms with Crippen LogP contribution in [0.5, 0.6) is 0 Å². The van der Waals surface area contributed by atoms with Crippen molar-refractivity contribution in [1.29, 1.82) is 0 Å². The van der Waals surface area contributed by atoms with Crippen LogP contribution < -0.4 is 5.32 Å². The summed E-state index contributed by atoms with van der Waals surface area (Å²) in [7, 11) is 0. The average molecular weight is 198 g/mol. The second kappa shape index (κ2) is 2.98. The lowest BCUT2D eigenvalue weighted by Crippen LogP contribution is -2.40. The van der Waals surface area contributed by atoms with Crippen LogP contribution in [0.15, 0.2) is 36.5 Å². The van der Waals surface area contributed by atoms with Crippen LogP contribution in [0.3, 0.4) is 0 Å². The largest absolute Gasteiger partial charge is 0.334 e. The molecule has 2 heterocycles. The summed E-state index contributed by atoms with van der Waals surface area (Å²) in [5.74, 6) is 0. The lowest BCUT2D eigenvalue weighted by molar-refractivity contribution is 0.227. The van der Waals surface area contributed by atoms with Crippen LogP contribution in [0.1, 0.15) is 11.1 Å². The second-order valence-electron chi connectivity index (χ2n) is 3.55. The number of rotatable bonds is 0. The Morgan fingerprint density at radius 3 is 3.07 bits per heavy atom. The fraction of sp³-hybridized carbons (Fsp3) is 0.0833. The summed E-state index contributed by atoms with van der Waals surface area (Å²) >= 11 is 0. The van der Waals surface area contributed by atoms with E-state index >= 15 is 0 Å². The Morgan fingerprint density at radius 2 is 2.13 bits per heavy atom. The van der Waals surface area contributed by atoms with Crippen LogP contribution >= 0.6 is 0 Å². The molecule has 0 bridgehead atoms. The molecule has 0 saturated heterocycles. The number of carbonyl (C=O) groups excluding carboxylic acids is 1. The Hall–Kier alpha value is -2.03. The quantitative estimate of drug-likeness (QED) is 0.679. The van der Waals surface area contributed by atoms with Gasteiger partial charge >= 0.3 is 6.03 Å². The minimum absolute atomic E-state index is 0.0572. The molecule has 0 fully saturated rings. The number of urea groups is 1. The highest BCUT2D eigenvalue weighted by Crippen LogP contribution is 2.30. The Bertz CT molecular complexity index is 488. The van der Waals surface area contributed by atoms with Crippen LogP contribution in [-0.4, -0.2) is 17.5 Å². The highest BCUT2D eigenvalue weighted by Gasteiger charge is 2.24. The van der Waals surface area contributed by atoms with Crippen LogP contribution in [-0.2, 0) is 0 Å². The molecule has 1 N–H and O–H groups in total. The van der Waals surface area contributed by atoms with E-state index < -0.39 is 0 Å². The van der Waals surface area contributed by atoms with Gasteiger partial charge in [0.1, 0.15) is 0 Å². The first-order chi connectivity index (χ1) is 7.36. The maximum Gasteiger partial charge on any atom is 0.326 e. The van der Waals surface area contributed by atoms with Gasteiger partial charge in [-0.3, -0.25) is 4.90 Å². The molecule has 0 atom stereocenters. The third-order valence-corrected chi connectivity index (χ3v) is 2.67. The molecular weight excluding hydrogens is 188 g/mol. The topological polar surface area (TPSA) is 32.3 Å². The molecule has 0 saturated carbocycles. The van der Waals surface area contributed by atoms with Gasteiger partial charge < -0.3 is 5.32 Å². The molecule has 3 rings (SSSR count). The predicted molar refractivity (Wildman–Crippen MR) is 58.7 cm³/mol. The van der Waals surface area contributed by atoms with Crippen molar-refractivity contribution in [2.75, 3.05) is 6.54 Å². The van der Waals surface area contributed by atoms with E-state index in [9.17, 15) is 4.79 Å². The number of benzene rings is 1. The number of nitrogens with one attached hydrogen (secondary N) is 1. The summed E-state index contributed by atoms with van der Waals surface area (Å²) in [5.41, 5.74) is 3.27. The molecule has 0 radical (unpaired) electrons. The van der Waals surface area contributed by atoms with Gasteiger partial charge in [-0.15, -0.1) is 0 Å². The lowest BCUT2D eigenvalue weighted by atomic mass is 10.00. The van der Waals surface area contributed by atoms with E-state index in [-0.39, 0.29) is 6.03 Å². The molecule has 0 spiro atoms. The first-order valence-corrected chi connectivity index (χ1v) is 4.91. The number of amides is 2. The van der Waals surface area contributed by atoms with Gasteiger partial charge in [0.2, 0.25) is 0 Å². The fourth-order valence-electron chi connectivity index (χ4n) is 1.95. The highest BCUT2D eigenvalue weighted by atomic mass is 16.2. The summed E-state index contributed by atoms with van der Waals surface area (Å²) in [6.45, 7) is 0.604. The highest BCUT2D eigenvalue weighted by molar-refractivity contribution is 5.93. The third kappa shape index (κ3) is 1.16. The van der Waals surface area contributed by atoms with Crippen molar-refractivity contribution in [2.24, 2.45) is 0 Å². The van der Waals surface area contributed by atoms with E-state index in [1.165, 1.54) is 0 Å². The maximum atomic E-state index is 11.6. The molecule has 0 aliphatic carbocycles. The summed E-state index contributed by atoms with van der Waals surface area (Å²) in [4.78, 5) is 13.2. The summed E-state index contributed by atoms with van der Waals surface area (Å²) < 4.78 is 0. The minimum atomic E-state index is -0.0572. The van der Waals surface area contributed by atoms with Crippen molar-refractivity contribution < 1.29 is 4.79 Å². The van der Waals surface area contributed by atoms with Gasteiger partial charge in [0, 0.05) is 18.3 Å². The zero-order valence-electron chi connectivity index (χ0n) is 8.10. The molecular formula is C12H10N2O. The van der Waals surface area contributed by atoms with Crippen molar-refractivity contribution in [3.8, 4) is 0 Å². The summed E-state index contributed by atoms with van der Waals surface area (Å²) in [5, 5.41) is 2.77. The summed E-state index contributed by atoms with van der Waals surface area (Å²) in [6.07, 6.45) is 5.80. The SMILES string of the molecule is O=C1NCC=C2c3ccccc3C=CN12. The Kier molecular flexibility index (Phi) is 1.65. The molecule has 3 heteroatoms. The zero-order valence-corrected chi connectivity index (χ0v) is 8.10. The van der Waals surface area contributed by atoms with Crippen molar-refractivity contribution in [2.45, 2.75) is 0 Å². The molecule has 1 aromatic carbocycles. The maximum absolute atomic E-state index is 11.6. The molecule has 0 aromatic heterocycles. The molecule has 3 nitrogen and oxygen atoms in total. The van der Waals surface area contributed by atoms with Crippen molar-refractivity contribution in [1.82, 2.24) is 10.2 Å². The van der Waals surface area contributed by atoms with Crippen LogP contribution in [0.25, 0.3) is 11.8 Å². The van der Waals surface area contributed by atoms with E-state index in [0.29, 0.717) is 6.54 Å². The lowest BCUT2D eigenvalue weighted by Gasteiger charge is -2.29. The van der Waals surface area contributed by atoms with Gasteiger partial charge in [-0.2, -0.15) is 0 Å². The monoisotopic (exact) mass is 198 g/mol. The van der Waals surface area contributed by atoms with E-state index in [0.717, 1.165) is 16.8 Å². The minimum Gasteiger partial charge on any atom is -0.334 e. The molecule has 2 aliphatic rings. The van der Waals surface area contributed by atoms with Crippen molar-refractivity contribution in [3.63, 3.8) is 0 Å². The van der Waals surface area contributed by atoms with Gasteiger partial charge in [0.05, 0.1) is 5.70 Å². The fourth-order valence-corrected chi connectivity index (χ4v) is 1.95.